The SMILES string of the molecule is CC1(C)C2CCC1(C)C(OCCCS)C2. The van der Waals surface area contributed by atoms with Crippen molar-refractivity contribution >= 4 is 12.6 Å². The lowest BCUT2D eigenvalue weighted by atomic mass is 9.70. The van der Waals surface area contributed by atoms with E-state index in [0.29, 0.717) is 16.9 Å². The van der Waals surface area contributed by atoms with E-state index in [0.717, 1.165) is 24.7 Å². The highest BCUT2D eigenvalue weighted by molar-refractivity contribution is 7.80. The zero-order valence-corrected chi connectivity index (χ0v) is 11.1. The average molecular weight is 228 g/mol. The zero-order valence-electron chi connectivity index (χ0n) is 10.3. The van der Waals surface area contributed by atoms with E-state index in [4.69, 9.17) is 4.74 Å². The molecular formula is C13H24OS. The molecule has 0 aromatic rings. The summed E-state index contributed by atoms with van der Waals surface area (Å²) in [5.74, 6) is 1.83. The molecule has 0 spiro atoms. The van der Waals surface area contributed by atoms with Crippen LogP contribution in [0.25, 0.3) is 0 Å². The molecule has 1 nitrogen and oxygen atoms in total. The molecule has 2 aliphatic rings. The third-order valence-corrected chi connectivity index (χ3v) is 5.65. The molecule has 0 aromatic heterocycles. The van der Waals surface area contributed by atoms with Crippen LogP contribution >= 0.6 is 12.6 Å². The van der Waals surface area contributed by atoms with Crippen LogP contribution in [0, 0.1) is 16.7 Å². The van der Waals surface area contributed by atoms with E-state index in [2.05, 4.69) is 33.4 Å². The summed E-state index contributed by atoms with van der Waals surface area (Å²) in [5.41, 5.74) is 0.910. The van der Waals surface area contributed by atoms with Gasteiger partial charge in [0.1, 0.15) is 0 Å². The number of rotatable bonds is 4. The van der Waals surface area contributed by atoms with Gasteiger partial charge in [-0.25, -0.2) is 0 Å². The third kappa shape index (κ3) is 1.64. The van der Waals surface area contributed by atoms with E-state index in [1.807, 2.05) is 0 Å². The zero-order chi connectivity index (χ0) is 11.1. The van der Waals surface area contributed by atoms with Crippen LogP contribution in [0.5, 0.6) is 0 Å². The van der Waals surface area contributed by atoms with Crippen molar-refractivity contribution in [3.05, 3.63) is 0 Å². The van der Waals surface area contributed by atoms with Gasteiger partial charge >= 0.3 is 0 Å². The van der Waals surface area contributed by atoms with Crippen molar-refractivity contribution in [2.24, 2.45) is 16.7 Å². The Labute approximate surface area is 99.4 Å². The van der Waals surface area contributed by atoms with Gasteiger partial charge in [0.15, 0.2) is 0 Å². The smallest absolute Gasteiger partial charge is 0.0636 e. The van der Waals surface area contributed by atoms with Gasteiger partial charge in [-0.15, -0.1) is 0 Å². The van der Waals surface area contributed by atoms with E-state index in [9.17, 15) is 0 Å². The second-order valence-electron chi connectivity index (χ2n) is 6.05. The Kier molecular flexibility index (Phi) is 3.11. The first-order valence-corrected chi connectivity index (χ1v) is 6.88. The first-order valence-electron chi connectivity index (χ1n) is 6.25. The van der Waals surface area contributed by atoms with Gasteiger partial charge in [-0.05, 0) is 48.2 Å². The van der Waals surface area contributed by atoms with Crippen molar-refractivity contribution in [3.8, 4) is 0 Å². The molecule has 0 saturated heterocycles. The number of hydrogen-bond acceptors (Lipinski definition) is 2. The third-order valence-electron chi connectivity index (χ3n) is 5.34. The quantitative estimate of drug-likeness (QED) is 0.572. The molecule has 0 radical (unpaired) electrons. The van der Waals surface area contributed by atoms with E-state index < -0.39 is 0 Å². The maximum absolute atomic E-state index is 6.07. The maximum Gasteiger partial charge on any atom is 0.0636 e. The van der Waals surface area contributed by atoms with Gasteiger partial charge in [-0.2, -0.15) is 12.6 Å². The summed E-state index contributed by atoms with van der Waals surface area (Å²) in [6, 6.07) is 0. The lowest BCUT2D eigenvalue weighted by Gasteiger charge is -2.38. The van der Waals surface area contributed by atoms with Crippen LogP contribution in [0.1, 0.15) is 46.5 Å². The topological polar surface area (TPSA) is 9.23 Å². The Balaban J connectivity index is 1.99. The fourth-order valence-corrected chi connectivity index (χ4v) is 3.80. The minimum atomic E-state index is 0.425. The number of ether oxygens (including phenoxy) is 1. The predicted molar refractivity (Wildman–Crippen MR) is 67.4 cm³/mol. The van der Waals surface area contributed by atoms with Crippen molar-refractivity contribution < 1.29 is 4.74 Å². The first-order chi connectivity index (χ1) is 7.02. The molecule has 0 aliphatic heterocycles. The molecule has 0 aromatic carbocycles. The Hall–Kier alpha value is 0.310. The number of thiol groups is 1. The van der Waals surface area contributed by atoms with Crippen molar-refractivity contribution in [2.45, 2.75) is 52.6 Å². The van der Waals surface area contributed by atoms with E-state index in [-0.39, 0.29) is 0 Å². The standard InChI is InChI=1S/C13H24OS/c1-12(2)10-5-6-13(12,3)11(9-10)14-7-4-8-15/h10-11,15H,4-9H2,1-3H3. The molecule has 2 heteroatoms. The molecule has 2 fully saturated rings. The molecule has 2 rings (SSSR count). The highest BCUT2D eigenvalue weighted by atomic mass is 32.1. The Morgan fingerprint density at radius 3 is 2.53 bits per heavy atom. The maximum atomic E-state index is 6.07. The average Bonchev–Trinajstić information content (AvgIpc) is 2.51. The van der Waals surface area contributed by atoms with Crippen LogP contribution in [0.3, 0.4) is 0 Å². The lowest BCUT2D eigenvalue weighted by Crippen LogP contribution is -2.37. The summed E-state index contributed by atoms with van der Waals surface area (Å²) in [6.45, 7) is 8.21. The van der Waals surface area contributed by atoms with Crippen molar-refractivity contribution in [1.29, 1.82) is 0 Å². The normalized spacial score (nSPS) is 42.4. The van der Waals surface area contributed by atoms with Crippen LogP contribution in [-0.4, -0.2) is 18.5 Å². The van der Waals surface area contributed by atoms with Crippen LogP contribution in [-0.2, 0) is 4.74 Å². The Morgan fingerprint density at radius 1 is 1.33 bits per heavy atom. The summed E-state index contributed by atoms with van der Waals surface area (Å²) in [4.78, 5) is 0. The second-order valence-corrected chi connectivity index (χ2v) is 6.49. The molecule has 3 atom stereocenters. The van der Waals surface area contributed by atoms with Gasteiger partial charge in [-0.1, -0.05) is 20.8 Å². The van der Waals surface area contributed by atoms with E-state index >= 15 is 0 Å². The molecule has 88 valence electrons. The summed E-state index contributed by atoms with van der Waals surface area (Å²) >= 11 is 4.23. The fraction of sp³-hybridized carbons (Fsp3) is 1.00. The van der Waals surface area contributed by atoms with Gasteiger partial charge in [0, 0.05) is 6.61 Å². The van der Waals surface area contributed by atoms with E-state index in [1.54, 1.807) is 0 Å². The minimum Gasteiger partial charge on any atom is -0.378 e. The van der Waals surface area contributed by atoms with Gasteiger partial charge < -0.3 is 4.74 Å². The number of hydrogen-bond donors (Lipinski definition) is 1. The largest absolute Gasteiger partial charge is 0.378 e. The summed E-state index contributed by atoms with van der Waals surface area (Å²) < 4.78 is 6.07. The van der Waals surface area contributed by atoms with Crippen molar-refractivity contribution in [2.75, 3.05) is 12.4 Å². The van der Waals surface area contributed by atoms with Gasteiger partial charge in [0.05, 0.1) is 6.10 Å². The molecule has 15 heavy (non-hydrogen) atoms. The molecular weight excluding hydrogens is 204 g/mol. The highest BCUT2D eigenvalue weighted by Crippen LogP contribution is 2.66. The second kappa shape index (κ2) is 3.96. The molecule has 2 bridgehead atoms. The molecule has 0 N–H and O–H groups in total. The monoisotopic (exact) mass is 228 g/mol. The van der Waals surface area contributed by atoms with Crippen molar-refractivity contribution in [1.82, 2.24) is 0 Å². The van der Waals surface area contributed by atoms with Crippen LogP contribution < -0.4 is 0 Å². The summed E-state index contributed by atoms with van der Waals surface area (Å²) in [5, 5.41) is 0. The number of fused-ring (bicyclic) bond motifs is 2. The van der Waals surface area contributed by atoms with Gasteiger partial charge in [0.2, 0.25) is 0 Å². The van der Waals surface area contributed by atoms with Crippen molar-refractivity contribution in [3.63, 3.8) is 0 Å². The molecule has 3 unspecified atom stereocenters. The minimum absolute atomic E-state index is 0.425. The fourth-order valence-electron chi connectivity index (χ4n) is 3.67. The molecule has 2 aliphatic carbocycles. The first kappa shape index (κ1) is 11.8. The summed E-state index contributed by atoms with van der Waals surface area (Å²) in [7, 11) is 0. The van der Waals surface area contributed by atoms with Crippen LogP contribution in [0.2, 0.25) is 0 Å². The van der Waals surface area contributed by atoms with E-state index in [1.165, 1.54) is 19.3 Å². The summed E-state index contributed by atoms with van der Waals surface area (Å²) in [6.07, 6.45) is 5.65. The lowest BCUT2D eigenvalue weighted by molar-refractivity contribution is -0.0458. The highest BCUT2D eigenvalue weighted by Gasteiger charge is 2.61. The predicted octanol–water partition coefficient (Wildman–Crippen LogP) is 3.54. The Morgan fingerprint density at radius 2 is 2.07 bits per heavy atom. The Bertz CT molecular complexity index is 239. The van der Waals surface area contributed by atoms with Gasteiger partial charge in [0.25, 0.3) is 0 Å². The van der Waals surface area contributed by atoms with Crippen LogP contribution in [0.15, 0.2) is 0 Å². The van der Waals surface area contributed by atoms with Gasteiger partial charge in [-0.3, -0.25) is 0 Å². The van der Waals surface area contributed by atoms with Crippen LogP contribution in [0.4, 0.5) is 0 Å². The molecule has 0 heterocycles. The molecule has 0 amide bonds. The molecule has 2 saturated carbocycles.